The monoisotopic (exact) mass is 427 g/mol. The molecule has 2 heterocycles. The Balaban J connectivity index is 1.50. The van der Waals surface area contributed by atoms with Crippen LogP contribution in [0.25, 0.3) is 11.3 Å². The van der Waals surface area contributed by atoms with E-state index in [0.717, 1.165) is 4.90 Å². The molecule has 1 fully saturated rings. The first kappa shape index (κ1) is 20.8. The summed E-state index contributed by atoms with van der Waals surface area (Å²) < 4.78 is 41.9. The van der Waals surface area contributed by atoms with E-state index in [-0.39, 0.29) is 30.8 Å². The number of pyridine rings is 1. The summed E-state index contributed by atoms with van der Waals surface area (Å²) in [5.74, 6) is -0.539. The Kier molecular flexibility index (Phi) is 5.58. The maximum absolute atomic E-state index is 14.3. The number of carbonyl (C=O) groups excluding carboxylic acids is 1. The third kappa shape index (κ3) is 4.08. The number of hydrogen-bond donors (Lipinski definition) is 1. The average molecular weight is 427 g/mol. The van der Waals surface area contributed by atoms with Crippen LogP contribution in [0, 0.1) is 11.6 Å². The number of halogens is 3. The molecule has 6 nitrogen and oxygen atoms in total. The van der Waals surface area contributed by atoms with E-state index in [1.165, 1.54) is 37.5 Å². The normalized spacial score (nSPS) is 20.1. The summed E-state index contributed by atoms with van der Waals surface area (Å²) in [4.78, 5) is 16.2. The molecule has 0 unspecified atom stereocenters. The fourth-order valence-electron chi connectivity index (χ4n) is 3.82. The summed E-state index contributed by atoms with van der Waals surface area (Å²) in [6.45, 7) is 0.264. The van der Waals surface area contributed by atoms with Crippen LogP contribution in [0.1, 0.15) is 18.5 Å². The lowest BCUT2D eigenvalue weighted by molar-refractivity contribution is -0.107. The Morgan fingerprint density at radius 2 is 1.97 bits per heavy atom. The van der Waals surface area contributed by atoms with E-state index in [0.29, 0.717) is 23.5 Å². The molecule has 1 saturated carbocycles. The van der Waals surface area contributed by atoms with Crippen molar-refractivity contribution >= 4 is 17.9 Å². The molecule has 160 valence electrons. The van der Waals surface area contributed by atoms with Crippen LogP contribution in [0.4, 0.5) is 24.7 Å². The average Bonchev–Trinajstić information content (AvgIpc) is 2.76. The van der Waals surface area contributed by atoms with Crippen molar-refractivity contribution in [3.63, 3.8) is 0 Å². The number of hydrogen-bond acceptors (Lipinski definition) is 5. The van der Waals surface area contributed by atoms with Gasteiger partial charge in [-0.3, -0.25) is 9.78 Å². The van der Waals surface area contributed by atoms with Gasteiger partial charge in [0.1, 0.15) is 23.6 Å². The van der Waals surface area contributed by atoms with Gasteiger partial charge in [0.25, 0.3) is 0 Å². The number of aromatic nitrogens is 3. The van der Waals surface area contributed by atoms with E-state index in [9.17, 15) is 18.0 Å². The molecule has 0 radical (unpaired) electrons. The standard InChI is InChI=1S/C22H20F3N5O/c1-30(13-31)19-9-14(4-5-16(19)24)18-6-7-20(29-28-18)27-12-22(10-15(23)11-22)21-17(25)3-2-8-26-21/h2-9,13,15H,10-12H2,1H3,(H,27,29). The van der Waals surface area contributed by atoms with Crippen molar-refractivity contribution < 1.29 is 18.0 Å². The van der Waals surface area contributed by atoms with Crippen molar-refractivity contribution in [2.24, 2.45) is 0 Å². The largest absolute Gasteiger partial charge is 0.368 e. The van der Waals surface area contributed by atoms with Crippen LogP contribution in [-0.4, -0.2) is 41.4 Å². The molecule has 1 aliphatic carbocycles. The molecular formula is C22H20F3N5O. The molecular weight excluding hydrogens is 407 g/mol. The quantitative estimate of drug-likeness (QED) is 0.580. The van der Waals surface area contributed by atoms with Crippen LogP contribution in [0.15, 0.2) is 48.7 Å². The van der Waals surface area contributed by atoms with E-state index in [2.05, 4.69) is 20.5 Å². The number of anilines is 2. The Morgan fingerprint density at radius 3 is 2.61 bits per heavy atom. The molecule has 0 atom stereocenters. The second-order valence-electron chi connectivity index (χ2n) is 7.66. The number of nitrogens with zero attached hydrogens (tertiary/aromatic N) is 4. The number of benzene rings is 1. The van der Waals surface area contributed by atoms with Gasteiger partial charge >= 0.3 is 0 Å². The van der Waals surface area contributed by atoms with Gasteiger partial charge in [0, 0.05) is 30.8 Å². The van der Waals surface area contributed by atoms with Gasteiger partial charge in [-0.2, -0.15) is 0 Å². The molecule has 0 bridgehead atoms. The molecule has 0 spiro atoms. The fourth-order valence-corrected chi connectivity index (χ4v) is 3.82. The van der Waals surface area contributed by atoms with Gasteiger partial charge in [-0.05, 0) is 55.3 Å². The zero-order valence-corrected chi connectivity index (χ0v) is 16.7. The predicted octanol–water partition coefficient (Wildman–Crippen LogP) is 3.89. The summed E-state index contributed by atoms with van der Waals surface area (Å²) in [6, 6.07) is 10.5. The summed E-state index contributed by atoms with van der Waals surface area (Å²) >= 11 is 0. The molecule has 1 aromatic carbocycles. The van der Waals surface area contributed by atoms with Crippen molar-refractivity contribution in [2.75, 3.05) is 23.8 Å². The fraction of sp³-hybridized carbons (Fsp3) is 0.273. The molecule has 2 aromatic heterocycles. The molecule has 1 amide bonds. The summed E-state index contributed by atoms with van der Waals surface area (Å²) in [7, 11) is 1.45. The lowest BCUT2D eigenvalue weighted by Gasteiger charge is -2.44. The molecule has 1 aliphatic rings. The first-order chi connectivity index (χ1) is 14.9. The maximum atomic E-state index is 14.3. The van der Waals surface area contributed by atoms with Gasteiger partial charge in [0.15, 0.2) is 0 Å². The highest BCUT2D eigenvalue weighted by molar-refractivity contribution is 5.77. The Bertz CT molecular complexity index is 1090. The second kappa shape index (κ2) is 8.33. The van der Waals surface area contributed by atoms with Gasteiger partial charge in [-0.1, -0.05) is 0 Å². The lowest BCUT2D eigenvalue weighted by atomic mass is 9.65. The van der Waals surface area contributed by atoms with E-state index >= 15 is 0 Å². The molecule has 3 aromatic rings. The Labute approximate surface area is 177 Å². The zero-order chi connectivity index (χ0) is 22.0. The van der Waals surface area contributed by atoms with Gasteiger partial charge < -0.3 is 10.2 Å². The van der Waals surface area contributed by atoms with Crippen molar-refractivity contribution in [2.45, 2.75) is 24.4 Å². The Hall–Kier alpha value is -3.49. The number of rotatable bonds is 7. The molecule has 0 aliphatic heterocycles. The first-order valence-electron chi connectivity index (χ1n) is 9.72. The van der Waals surface area contributed by atoms with E-state index in [1.54, 1.807) is 18.2 Å². The van der Waals surface area contributed by atoms with Crippen molar-refractivity contribution in [1.82, 2.24) is 15.2 Å². The number of amides is 1. The van der Waals surface area contributed by atoms with Crippen LogP contribution >= 0.6 is 0 Å². The highest BCUT2D eigenvalue weighted by atomic mass is 19.1. The SMILES string of the molecule is CN(C=O)c1cc(-c2ccc(NCC3(c4ncccc4F)CC(F)C3)nn2)ccc1F. The van der Waals surface area contributed by atoms with Crippen LogP contribution in [-0.2, 0) is 10.2 Å². The first-order valence-corrected chi connectivity index (χ1v) is 9.72. The van der Waals surface area contributed by atoms with E-state index in [1.807, 2.05) is 0 Å². The van der Waals surface area contributed by atoms with Crippen LogP contribution in [0.2, 0.25) is 0 Å². The predicted molar refractivity (Wildman–Crippen MR) is 110 cm³/mol. The topological polar surface area (TPSA) is 71.0 Å². The Morgan fingerprint density at radius 1 is 1.16 bits per heavy atom. The van der Waals surface area contributed by atoms with E-state index in [4.69, 9.17) is 0 Å². The molecule has 4 rings (SSSR count). The van der Waals surface area contributed by atoms with E-state index < -0.39 is 23.2 Å². The highest BCUT2D eigenvalue weighted by Crippen LogP contribution is 2.45. The van der Waals surface area contributed by atoms with Gasteiger partial charge in [0.2, 0.25) is 6.41 Å². The molecule has 31 heavy (non-hydrogen) atoms. The smallest absolute Gasteiger partial charge is 0.213 e. The minimum atomic E-state index is -0.992. The summed E-state index contributed by atoms with van der Waals surface area (Å²) in [5, 5.41) is 11.4. The van der Waals surface area contributed by atoms with Crippen LogP contribution in [0.3, 0.4) is 0 Å². The number of alkyl halides is 1. The van der Waals surface area contributed by atoms with Crippen molar-refractivity contribution in [3.05, 3.63) is 66.0 Å². The van der Waals surface area contributed by atoms with Gasteiger partial charge in [0.05, 0.1) is 17.1 Å². The lowest BCUT2D eigenvalue weighted by Crippen LogP contribution is -2.49. The van der Waals surface area contributed by atoms with Crippen LogP contribution < -0.4 is 10.2 Å². The highest BCUT2D eigenvalue weighted by Gasteiger charge is 2.48. The number of carbonyl (C=O) groups is 1. The van der Waals surface area contributed by atoms with Crippen LogP contribution in [0.5, 0.6) is 0 Å². The number of nitrogens with one attached hydrogen (secondary N) is 1. The molecule has 0 saturated heterocycles. The van der Waals surface area contributed by atoms with Crippen molar-refractivity contribution in [1.29, 1.82) is 0 Å². The summed E-state index contributed by atoms with van der Waals surface area (Å²) in [5.41, 5.74) is 0.719. The van der Waals surface area contributed by atoms with Gasteiger partial charge in [-0.15, -0.1) is 10.2 Å². The second-order valence-corrected chi connectivity index (χ2v) is 7.66. The third-order valence-corrected chi connectivity index (χ3v) is 5.54. The van der Waals surface area contributed by atoms with Gasteiger partial charge in [-0.25, -0.2) is 13.2 Å². The molecule has 1 N–H and O–H groups in total. The zero-order valence-electron chi connectivity index (χ0n) is 16.7. The maximum Gasteiger partial charge on any atom is 0.213 e. The summed E-state index contributed by atoms with van der Waals surface area (Å²) in [6.07, 6.45) is 1.39. The van der Waals surface area contributed by atoms with Crippen molar-refractivity contribution in [3.8, 4) is 11.3 Å². The minimum absolute atomic E-state index is 0.126. The minimum Gasteiger partial charge on any atom is -0.368 e. The third-order valence-electron chi connectivity index (χ3n) is 5.54. The molecule has 9 heteroatoms.